The Labute approximate surface area is 197 Å². The lowest BCUT2D eigenvalue weighted by Crippen LogP contribution is -2.58. The molecule has 1 N–H and O–H groups in total. The molecule has 34 heavy (non-hydrogen) atoms. The van der Waals surface area contributed by atoms with Gasteiger partial charge in [0.2, 0.25) is 6.10 Å². The van der Waals surface area contributed by atoms with Crippen molar-refractivity contribution in [2.75, 3.05) is 6.61 Å². The maximum Gasteiger partial charge on any atom is 0.303 e. The molecule has 0 aromatic carbocycles. The molecule has 0 aliphatic heterocycles. The van der Waals surface area contributed by atoms with Crippen molar-refractivity contribution in [2.24, 2.45) is 0 Å². The fourth-order valence-electron chi connectivity index (χ4n) is 3.63. The lowest BCUT2D eigenvalue weighted by atomic mass is 9.94. The summed E-state index contributed by atoms with van der Waals surface area (Å²) in [7, 11) is 0. The second-order valence-electron chi connectivity index (χ2n) is 7.97. The largest absolute Gasteiger partial charge is 0.462 e. The highest BCUT2D eigenvalue weighted by atomic mass is 16.6. The zero-order valence-electron chi connectivity index (χ0n) is 20.1. The van der Waals surface area contributed by atoms with Gasteiger partial charge in [-0.15, -0.1) is 0 Å². The van der Waals surface area contributed by atoms with E-state index in [4.69, 9.17) is 23.7 Å². The third kappa shape index (κ3) is 10.6. The van der Waals surface area contributed by atoms with Crippen LogP contribution in [0.4, 0.5) is 0 Å². The van der Waals surface area contributed by atoms with Crippen LogP contribution in [0.15, 0.2) is 0 Å². The standard InChI is InChI=1S/C22H33NO11/c1-12(24)30-11-18(31-13(2)25)19(32-14(3)26)20(33-15(4)27)21(34-16(5)28)22(29)23-17-9-7-6-8-10-17/h17-21H,6-11H2,1-5H3,(H,23,29)/t18-,19-,20+,21-/m1/s1. The Bertz CT molecular complexity index is 760. The van der Waals surface area contributed by atoms with Gasteiger partial charge in [0, 0.05) is 40.7 Å². The van der Waals surface area contributed by atoms with Crippen LogP contribution in [-0.2, 0) is 52.5 Å². The zero-order valence-corrected chi connectivity index (χ0v) is 20.1. The zero-order chi connectivity index (χ0) is 25.8. The van der Waals surface area contributed by atoms with E-state index in [2.05, 4.69) is 5.32 Å². The van der Waals surface area contributed by atoms with E-state index in [0.717, 1.165) is 53.9 Å². The normalized spacial score (nSPS) is 17.2. The molecule has 0 radical (unpaired) electrons. The molecule has 1 saturated carbocycles. The summed E-state index contributed by atoms with van der Waals surface area (Å²) in [4.78, 5) is 71.9. The molecule has 1 aliphatic rings. The molecule has 1 amide bonds. The third-order valence-electron chi connectivity index (χ3n) is 4.86. The van der Waals surface area contributed by atoms with Gasteiger partial charge in [0.1, 0.15) is 6.61 Å². The summed E-state index contributed by atoms with van der Waals surface area (Å²) in [5, 5.41) is 2.78. The van der Waals surface area contributed by atoms with E-state index >= 15 is 0 Å². The number of amides is 1. The average molecular weight is 488 g/mol. The minimum Gasteiger partial charge on any atom is -0.462 e. The molecule has 1 fully saturated rings. The molecule has 0 aromatic heterocycles. The minimum atomic E-state index is -1.75. The molecule has 12 nitrogen and oxygen atoms in total. The van der Waals surface area contributed by atoms with E-state index in [1.807, 2.05) is 0 Å². The summed E-state index contributed by atoms with van der Waals surface area (Å²) in [6.45, 7) is 4.71. The predicted octanol–water partition coefficient (Wildman–Crippen LogP) is 0.725. The van der Waals surface area contributed by atoms with E-state index < -0.39 is 66.8 Å². The van der Waals surface area contributed by atoms with E-state index in [0.29, 0.717) is 12.8 Å². The van der Waals surface area contributed by atoms with Crippen LogP contribution in [0, 0.1) is 0 Å². The number of rotatable bonds is 11. The van der Waals surface area contributed by atoms with E-state index in [9.17, 15) is 28.8 Å². The predicted molar refractivity (Wildman–Crippen MR) is 114 cm³/mol. The van der Waals surface area contributed by atoms with Crippen LogP contribution in [0.5, 0.6) is 0 Å². The molecule has 0 heterocycles. The van der Waals surface area contributed by atoms with E-state index in [-0.39, 0.29) is 6.04 Å². The highest BCUT2D eigenvalue weighted by molar-refractivity contribution is 5.85. The van der Waals surface area contributed by atoms with Crippen LogP contribution < -0.4 is 5.32 Å². The van der Waals surface area contributed by atoms with Gasteiger partial charge in [-0.25, -0.2) is 0 Å². The number of nitrogens with one attached hydrogen (secondary N) is 1. The quantitative estimate of drug-likeness (QED) is 0.323. The van der Waals surface area contributed by atoms with Gasteiger partial charge < -0.3 is 29.0 Å². The lowest BCUT2D eigenvalue weighted by molar-refractivity contribution is -0.203. The van der Waals surface area contributed by atoms with Gasteiger partial charge in [0.05, 0.1) is 0 Å². The molecule has 0 saturated heterocycles. The first kappa shape index (κ1) is 28.9. The Morgan fingerprint density at radius 1 is 0.676 bits per heavy atom. The van der Waals surface area contributed by atoms with Crippen molar-refractivity contribution in [3.8, 4) is 0 Å². The Morgan fingerprint density at radius 3 is 1.65 bits per heavy atom. The van der Waals surface area contributed by atoms with Gasteiger partial charge in [-0.3, -0.25) is 28.8 Å². The molecular formula is C22H33NO11. The van der Waals surface area contributed by atoms with Crippen LogP contribution in [0.1, 0.15) is 66.7 Å². The van der Waals surface area contributed by atoms with Crippen LogP contribution in [0.3, 0.4) is 0 Å². The molecule has 192 valence electrons. The smallest absolute Gasteiger partial charge is 0.303 e. The van der Waals surface area contributed by atoms with Gasteiger partial charge in [-0.05, 0) is 12.8 Å². The highest BCUT2D eigenvalue weighted by Crippen LogP contribution is 2.22. The molecule has 1 aliphatic carbocycles. The van der Waals surface area contributed by atoms with Crippen LogP contribution in [0.2, 0.25) is 0 Å². The maximum absolute atomic E-state index is 13.2. The fraction of sp³-hybridized carbons (Fsp3) is 0.727. The highest BCUT2D eigenvalue weighted by Gasteiger charge is 2.47. The van der Waals surface area contributed by atoms with Crippen LogP contribution in [0.25, 0.3) is 0 Å². The Hall–Kier alpha value is -3.18. The molecule has 0 bridgehead atoms. The van der Waals surface area contributed by atoms with Crippen molar-refractivity contribution >= 4 is 35.8 Å². The summed E-state index contributed by atoms with van der Waals surface area (Å²) < 4.78 is 25.8. The van der Waals surface area contributed by atoms with Crippen molar-refractivity contribution in [3.63, 3.8) is 0 Å². The molecule has 1 rings (SSSR count). The Kier molecular flexibility index (Phi) is 12.0. The summed E-state index contributed by atoms with van der Waals surface area (Å²) in [6.07, 6.45) is -2.31. The first-order valence-electron chi connectivity index (χ1n) is 11.0. The van der Waals surface area contributed by atoms with E-state index in [1.54, 1.807) is 0 Å². The summed E-state index contributed by atoms with van der Waals surface area (Å²) >= 11 is 0. The summed E-state index contributed by atoms with van der Waals surface area (Å²) in [6, 6.07) is -0.185. The third-order valence-corrected chi connectivity index (χ3v) is 4.86. The number of carbonyl (C=O) groups is 6. The number of esters is 5. The van der Waals surface area contributed by atoms with E-state index in [1.165, 1.54) is 0 Å². The Morgan fingerprint density at radius 2 is 1.18 bits per heavy atom. The van der Waals surface area contributed by atoms with Gasteiger partial charge in [-0.2, -0.15) is 0 Å². The van der Waals surface area contributed by atoms with Crippen molar-refractivity contribution < 1.29 is 52.5 Å². The second kappa shape index (κ2) is 14.2. The average Bonchev–Trinajstić information content (AvgIpc) is 2.72. The molecule has 0 spiro atoms. The van der Waals surface area contributed by atoms with Crippen LogP contribution >= 0.6 is 0 Å². The molecule has 0 unspecified atom stereocenters. The number of ether oxygens (including phenoxy) is 5. The molecular weight excluding hydrogens is 454 g/mol. The van der Waals surface area contributed by atoms with Crippen molar-refractivity contribution in [1.82, 2.24) is 5.32 Å². The lowest BCUT2D eigenvalue weighted by Gasteiger charge is -2.35. The van der Waals surface area contributed by atoms with Crippen molar-refractivity contribution in [3.05, 3.63) is 0 Å². The molecule has 4 atom stereocenters. The van der Waals surface area contributed by atoms with Crippen molar-refractivity contribution in [2.45, 2.75) is 97.2 Å². The van der Waals surface area contributed by atoms with Gasteiger partial charge >= 0.3 is 29.8 Å². The second-order valence-corrected chi connectivity index (χ2v) is 7.97. The van der Waals surface area contributed by atoms with Gasteiger partial charge in [-0.1, -0.05) is 19.3 Å². The van der Waals surface area contributed by atoms with Crippen LogP contribution in [-0.4, -0.2) is 72.8 Å². The number of carbonyl (C=O) groups excluding carboxylic acids is 6. The minimum absolute atomic E-state index is 0.185. The molecule has 0 aromatic rings. The first-order chi connectivity index (χ1) is 15.9. The van der Waals surface area contributed by atoms with Gasteiger partial charge in [0.15, 0.2) is 18.3 Å². The van der Waals surface area contributed by atoms with Gasteiger partial charge in [0.25, 0.3) is 5.91 Å². The topological polar surface area (TPSA) is 161 Å². The number of hydrogen-bond donors (Lipinski definition) is 1. The first-order valence-corrected chi connectivity index (χ1v) is 11.0. The maximum atomic E-state index is 13.2. The Balaban J connectivity index is 3.41. The summed E-state index contributed by atoms with van der Waals surface area (Å²) in [5.41, 5.74) is 0. The SMILES string of the molecule is CC(=O)OC[C@@H](OC(C)=O)[C@@H](OC(C)=O)[C@H](OC(C)=O)[C@@H](OC(C)=O)C(=O)NC1CCCCC1. The number of hydrogen-bond acceptors (Lipinski definition) is 11. The summed E-state index contributed by atoms with van der Waals surface area (Å²) in [5.74, 6) is -4.97. The fourth-order valence-corrected chi connectivity index (χ4v) is 3.63. The van der Waals surface area contributed by atoms with Crippen molar-refractivity contribution in [1.29, 1.82) is 0 Å². The molecule has 12 heteroatoms. The monoisotopic (exact) mass is 487 g/mol.